The van der Waals surface area contributed by atoms with Crippen molar-refractivity contribution < 1.29 is 41.4 Å². The summed E-state index contributed by atoms with van der Waals surface area (Å²) >= 11 is 3.04. The molecule has 0 atom stereocenters. The smallest absolute Gasteiger partial charge is 0.342 e. The second-order valence-corrected chi connectivity index (χ2v) is 5.65. The topological polar surface area (TPSA) is 75.6 Å². The third kappa shape index (κ3) is 3.93. The zero-order valence-electron chi connectivity index (χ0n) is 12.4. The van der Waals surface area contributed by atoms with Gasteiger partial charge >= 0.3 is 5.97 Å². The normalized spacial score (nSPS) is 10.5. The molecule has 0 aliphatic rings. The van der Waals surface area contributed by atoms with E-state index < -0.39 is 59.0 Å². The SMILES string of the molecule is O=C(COC(=O)c1cc(Br)ccc1O)Nc1c(F)c(F)c(F)c(F)c1F. The van der Waals surface area contributed by atoms with Gasteiger partial charge in [-0.1, -0.05) is 15.9 Å². The Balaban J connectivity index is 2.11. The summed E-state index contributed by atoms with van der Waals surface area (Å²) in [5, 5.41) is 11.0. The number of carbonyl (C=O) groups is 2. The van der Waals surface area contributed by atoms with Crippen molar-refractivity contribution in [3.63, 3.8) is 0 Å². The van der Waals surface area contributed by atoms with Crippen LogP contribution in [0.2, 0.25) is 0 Å². The van der Waals surface area contributed by atoms with Crippen molar-refractivity contribution in [2.75, 3.05) is 11.9 Å². The molecular weight excluding hydrogens is 433 g/mol. The Morgan fingerprint density at radius 1 is 1.00 bits per heavy atom. The van der Waals surface area contributed by atoms with E-state index in [4.69, 9.17) is 0 Å². The molecule has 0 saturated carbocycles. The lowest BCUT2D eigenvalue weighted by atomic mass is 10.2. The van der Waals surface area contributed by atoms with Gasteiger partial charge in [0, 0.05) is 4.47 Å². The van der Waals surface area contributed by atoms with E-state index in [1.54, 1.807) is 0 Å². The van der Waals surface area contributed by atoms with Gasteiger partial charge in [-0.15, -0.1) is 0 Å². The zero-order chi connectivity index (χ0) is 19.6. The van der Waals surface area contributed by atoms with Crippen LogP contribution < -0.4 is 5.32 Å². The average molecular weight is 440 g/mol. The van der Waals surface area contributed by atoms with E-state index in [1.807, 2.05) is 0 Å². The van der Waals surface area contributed by atoms with E-state index in [2.05, 4.69) is 20.7 Å². The van der Waals surface area contributed by atoms with Crippen LogP contribution in [0.4, 0.5) is 27.6 Å². The fraction of sp³-hybridized carbons (Fsp3) is 0.0667. The third-order valence-electron chi connectivity index (χ3n) is 2.99. The second-order valence-electron chi connectivity index (χ2n) is 4.73. The maximum atomic E-state index is 13.4. The summed E-state index contributed by atoms with van der Waals surface area (Å²) in [7, 11) is 0. The van der Waals surface area contributed by atoms with Gasteiger partial charge in [0.1, 0.15) is 17.0 Å². The Bertz CT molecular complexity index is 877. The van der Waals surface area contributed by atoms with Crippen LogP contribution in [0.3, 0.4) is 0 Å². The zero-order valence-corrected chi connectivity index (χ0v) is 14.0. The quantitative estimate of drug-likeness (QED) is 0.330. The number of anilines is 1. The van der Waals surface area contributed by atoms with Gasteiger partial charge in [-0.05, 0) is 18.2 Å². The summed E-state index contributed by atoms with van der Waals surface area (Å²) in [6.45, 7) is -1.11. The summed E-state index contributed by atoms with van der Waals surface area (Å²) in [6, 6.07) is 3.76. The predicted octanol–water partition coefficient (Wildman–Crippen LogP) is 3.65. The van der Waals surface area contributed by atoms with Crippen LogP contribution in [0, 0.1) is 29.1 Å². The summed E-state index contributed by atoms with van der Waals surface area (Å²) in [5.41, 5.74) is -1.89. The van der Waals surface area contributed by atoms with Crippen LogP contribution >= 0.6 is 15.9 Å². The lowest BCUT2D eigenvalue weighted by molar-refractivity contribution is -0.119. The third-order valence-corrected chi connectivity index (χ3v) is 3.48. The van der Waals surface area contributed by atoms with Crippen LogP contribution in [0.1, 0.15) is 10.4 Å². The first-order valence-corrected chi connectivity index (χ1v) is 7.39. The van der Waals surface area contributed by atoms with E-state index in [0.29, 0.717) is 4.47 Å². The number of carbonyl (C=O) groups excluding carboxylic acids is 2. The van der Waals surface area contributed by atoms with Crippen LogP contribution in [0.25, 0.3) is 0 Å². The summed E-state index contributed by atoms with van der Waals surface area (Å²) in [6.07, 6.45) is 0. The van der Waals surface area contributed by atoms with E-state index in [9.17, 15) is 36.6 Å². The molecule has 2 aromatic rings. The molecule has 0 radical (unpaired) electrons. The first-order chi connectivity index (χ1) is 12.1. The molecule has 0 unspecified atom stereocenters. The number of hydrogen-bond donors (Lipinski definition) is 2. The number of ether oxygens (including phenoxy) is 1. The lowest BCUT2D eigenvalue weighted by Crippen LogP contribution is -2.23. The Morgan fingerprint density at radius 2 is 1.54 bits per heavy atom. The molecule has 5 nitrogen and oxygen atoms in total. The van der Waals surface area contributed by atoms with Crippen LogP contribution in [-0.4, -0.2) is 23.6 Å². The van der Waals surface area contributed by atoms with Gasteiger partial charge in [0.15, 0.2) is 29.9 Å². The van der Waals surface area contributed by atoms with Crippen LogP contribution in [0.5, 0.6) is 5.75 Å². The van der Waals surface area contributed by atoms with Gasteiger partial charge < -0.3 is 15.2 Å². The molecule has 0 aliphatic carbocycles. The second kappa shape index (κ2) is 7.68. The van der Waals surface area contributed by atoms with Gasteiger partial charge in [0.25, 0.3) is 5.91 Å². The number of amides is 1. The summed E-state index contributed by atoms with van der Waals surface area (Å²) in [5.74, 6) is -14.3. The molecule has 0 saturated heterocycles. The highest BCUT2D eigenvalue weighted by molar-refractivity contribution is 9.10. The van der Waals surface area contributed by atoms with Gasteiger partial charge in [-0.2, -0.15) is 0 Å². The Labute approximate surface area is 150 Å². The maximum absolute atomic E-state index is 13.4. The van der Waals surface area contributed by atoms with E-state index in [-0.39, 0.29) is 5.56 Å². The van der Waals surface area contributed by atoms with E-state index >= 15 is 0 Å². The standard InChI is InChI=1S/C15H7BrF5NO4/c16-5-1-2-7(23)6(3-5)15(25)26-4-8(24)22-14-12(20)10(18)9(17)11(19)13(14)21/h1-3,23H,4H2,(H,22,24). The first kappa shape index (κ1) is 19.6. The molecule has 26 heavy (non-hydrogen) atoms. The van der Waals surface area contributed by atoms with E-state index in [1.165, 1.54) is 17.4 Å². The number of nitrogens with one attached hydrogen (secondary N) is 1. The van der Waals surface area contributed by atoms with Gasteiger partial charge in [0.2, 0.25) is 5.82 Å². The van der Waals surface area contributed by atoms with E-state index in [0.717, 1.165) is 6.07 Å². The van der Waals surface area contributed by atoms with Crippen molar-refractivity contribution in [2.24, 2.45) is 0 Å². The number of aromatic hydroxyl groups is 1. The number of phenolic OH excluding ortho intramolecular Hbond substituents is 1. The Kier molecular flexibility index (Phi) is 5.80. The fourth-order valence-corrected chi connectivity index (χ4v) is 2.13. The van der Waals surface area contributed by atoms with Crippen molar-refractivity contribution in [1.82, 2.24) is 0 Å². The molecule has 0 spiro atoms. The molecule has 11 heteroatoms. The minimum atomic E-state index is -2.38. The minimum Gasteiger partial charge on any atom is -0.507 e. The molecule has 0 fully saturated rings. The summed E-state index contributed by atoms with van der Waals surface area (Å²) < 4.78 is 70.8. The highest BCUT2D eigenvalue weighted by Gasteiger charge is 2.27. The van der Waals surface area contributed by atoms with Gasteiger partial charge in [-0.3, -0.25) is 4.79 Å². The Morgan fingerprint density at radius 3 is 2.12 bits per heavy atom. The predicted molar refractivity (Wildman–Crippen MR) is 81.0 cm³/mol. The molecule has 0 aliphatic heterocycles. The van der Waals surface area contributed by atoms with Crippen LogP contribution in [-0.2, 0) is 9.53 Å². The van der Waals surface area contributed by atoms with Crippen molar-refractivity contribution in [2.45, 2.75) is 0 Å². The highest BCUT2D eigenvalue weighted by Crippen LogP contribution is 2.27. The van der Waals surface area contributed by atoms with Crippen molar-refractivity contribution in [3.8, 4) is 5.75 Å². The number of benzene rings is 2. The molecule has 0 bridgehead atoms. The molecule has 0 aromatic heterocycles. The van der Waals surface area contributed by atoms with Crippen molar-refractivity contribution in [3.05, 3.63) is 57.3 Å². The fourth-order valence-electron chi connectivity index (χ4n) is 1.77. The average Bonchev–Trinajstić information content (AvgIpc) is 2.62. The molecule has 2 aromatic carbocycles. The Hall–Kier alpha value is -2.69. The molecular formula is C15H7BrF5NO4. The molecule has 138 valence electrons. The first-order valence-electron chi connectivity index (χ1n) is 6.60. The molecule has 1 amide bonds. The molecule has 2 rings (SSSR count). The largest absolute Gasteiger partial charge is 0.507 e. The van der Waals surface area contributed by atoms with Crippen molar-refractivity contribution in [1.29, 1.82) is 0 Å². The number of hydrogen-bond acceptors (Lipinski definition) is 4. The van der Waals surface area contributed by atoms with Crippen molar-refractivity contribution >= 4 is 33.5 Å². The highest BCUT2D eigenvalue weighted by atomic mass is 79.9. The minimum absolute atomic E-state index is 0.316. The number of rotatable bonds is 4. The number of halogens is 6. The monoisotopic (exact) mass is 439 g/mol. The number of esters is 1. The lowest BCUT2D eigenvalue weighted by Gasteiger charge is -2.10. The van der Waals surface area contributed by atoms with Gasteiger partial charge in [-0.25, -0.2) is 26.7 Å². The van der Waals surface area contributed by atoms with Crippen LogP contribution in [0.15, 0.2) is 22.7 Å². The maximum Gasteiger partial charge on any atom is 0.342 e. The molecule has 0 heterocycles. The molecule has 2 N–H and O–H groups in total. The van der Waals surface area contributed by atoms with Gasteiger partial charge in [0.05, 0.1) is 0 Å². The summed E-state index contributed by atoms with van der Waals surface area (Å²) in [4.78, 5) is 23.3. The number of phenols is 1.